The molecular weight excluding hydrogens is 311 g/mol. The molecule has 1 aromatic carbocycles. The molecule has 0 unspecified atom stereocenters. The van der Waals surface area contributed by atoms with Gasteiger partial charge in [0.1, 0.15) is 12.4 Å². The minimum absolute atomic E-state index is 0.0202. The second-order valence-corrected chi connectivity index (χ2v) is 5.72. The number of hydrogen-bond donors (Lipinski definition) is 1. The van der Waals surface area contributed by atoms with Crippen LogP contribution < -0.4 is 5.73 Å². The van der Waals surface area contributed by atoms with Gasteiger partial charge < -0.3 is 15.4 Å². The van der Waals surface area contributed by atoms with Crippen molar-refractivity contribution in [3.8, 4) is 11.1 Å². The second kappa shape index (κ2) is 6.92. The maximum Gasteiger partial charge on any atom is 0.249 e. The first-order chi connectivity index (χ1) is 11.6. The van der Waals surface area contributed by atoms with Crippen LogP contribution in [0.25, 0.3) is 11.1 Å². The number of nitrogens with two attached hydrogens (primary N) is 1. The topological polar surface area (TPSA) is 81.3 Å². The Labute approximate surface area is 139 Å². The van der Waals surface area contributed by atoms with Crippen LogP contribution in [0, 0.1) is 5.82 Å². The lowest BCUT2D eigenvalue weighted by Crippen LogP contribution is -2.34. The Morgan fingerprint density at radius 3 is 3.08 bits per heavy atom. The molecule has 1 aliphatic heterocycles. The number of carbonyl (C=O) groups is 1. The Balaban J connectivity index is 2.03. The molecule has 0 saturated carbocycles. The summed E-state index contributed by atoms with van der Waals surface area (Å²) in [5.41, 5.74) is 7.76. The molecule has 0 aliphatic carbocycles. The number of nitrogens with zero attached hydrogens (tertiary/aromatic N) is 3. The summed E-state index contributed by atoms with van der Waals surface area (Å²) in [6, 6.07) is 6.02. The monoisotopic (exact) mass is 330 g/mol. The summed E-state index contributed by atoms with van der Waals surface area (Å²) in [4.78, 5) is 22.4. The first-order valence-corrected chi connectivity index (χ1v) is 7.77. The van der Waals surface area contributed by atoms with E-state index in [1.807, 2.05) is 0 Å². The first kappa shape index (κ1) is 16.3. The maximum atomic E-state index is 13.6. The van der Waals surface area contributed by atoms with Crippen LogP contribution in [0.3, 0.4) is 0 Å². The van der Waals surface area contributed by atoms with Crippen molar-refractivity contribution in [1.29, 1.82) is 0 Å². The second-order valence-electron chi connectivity index (χ2n) is 5.72. The zero-order chi connectivity index (χ0) is 17.1. The molecule has 0 spiro atoms. The third-order valence-corrected chi connectivity index (χ3v) is 4.13. The molecule has 1 aliphatic rings. The van der Waals surface area contributed by atoms with Crippen LogP contribution in [-0.2, 0) is 9.53 Å². The number of ether oxygens (including phenoxy) is 1. The minimum Gasteiger partial charge on any atom is -0.375 e. The van der Waals surface area contributed by atoms with Gasteiger partial charge in [0.25, 0.3) is 0 Å². The zero-order valence-corrected chi connectivity index (χ0v) is 13.4. The van der Waals surface area contributed by atoms with E-state index in [0.29, 0.717) is 23.4 Å². The van der Waals surface area contributed by atoms with E-state index in [-0.39, 0.29) is 30.3 Å². The number of halogens is 1. The van der Waals surface area contributed by atoms with Gasteiger partial charge in [-0.3, -0.25) is 4.79 Å². The third kappa shape index (κ3) is 3.21. The predicted molar refractivity (Wildman–Crippen MR) is 87.4 cm³/mol. The number of nitrogen functional groups attached to an aromatic ring is 1. The highest BCUT2D eigenvalue weighted by atomic mass is 19.1. The molecular formula is C17H19FN4O2. The fraction of sp³-hybridized carbons (Fsp3) is 0.353. The maximum absolute atomic E-state index is 13.6. The van der Waals surface area contributed by atoms with Gasteiger partial charge in [-0.1, -0.05) is 12.1 Å². The van der Waals surface area contributed by atoms with Gasteiger partial charge in [-0.05, 0) is 30.5 Å². The van der Waals surface area contributed by atoms with Gasteiger partial charge in [-0.2, -0.15) is 0 Å². The van der Waals surface area contributed by atoms with Crippen LogP contribution in [0.4, 0.5) is 10.3 Å². The molecule has 7 heteroatoms. The van der Waals surface area contributed by atoms with Gasteiger partial charge >= 0.3 is 0 Å². The van der Waals surface area contributed by atoms with Gasteiger partial charge in [-0.15, -0.1) is 0 Å². The molecule has 1 aromatic heterocycles. The van der Waals surface area contributed by atoms with Gasteiger partial charge in [-0.25, -0.2) is 14.4 Å². The van der Waals surface area contributed by atoms with Crippen molar-refractivity contribution in [1.82, 2.24) is 14.9 Å². The molecule has 1 atom stereocenters. The fourth-order valence-electron chi connectivity index (χ4n) is 3.10. The van der Waals surface area contributed by atoms with Crippen molar-refractivity contribution < 1.29 is 13.9 Å². The van der Waals surface area contributed by atoms with Crippen LogP contribution in [0.1, 0.15) is 24.6 Å². The largest absolute Gasteiger partial charge is 0.375 e. The van der Waals surface area contributed by atoms with Crippen LogP contribution in [0.15, 0.2) is 30.5 Å². The molecule has 126 valence electrons. The van der Waals surface area contributed by atoms with E-state index in [0.717, 1.165) is 12.8 Å². The minimum atomic E-state index is -0.339. The van der Waals surface area contributed by atoms with Crippen molar-refractivity contribution in [2.75, 3.05) is 26.0 Å². The number of hydrogen-bond acceptors (Lipinski definition) is 5. The van der Waals surface area contributed by atoms with Gasteiger partial charge in [0, 0.05) is 25.4 Å². The standard InChI is InChI=1S/C17H19FN4O2/c1-24-10-15(23)22-7-3-6-14(22)16-13(9-20-17(19)21-16)11-4-2-5-12(18)8-11/h2,4-5,8-9,14H,3,6-7,10H2,1H3,(H2,19,20,21)/t14-/m0/s1. The zero-order valence-electron chi connectivity index (χ0n) is 13.4. The number of anilines is 1. The third-order valence-electron chi connectivity index (χ3n) is 4.13. The average molecular weight is 330 g/mol. The predicted octanol–water partition coefficient (Wildman–Crippen LogP) is 2.17. The number of likely N-dealkylation sites (tertiary alicyclic amines) is 1. The van der Waals surface area contributed by atoms with E-state index in [9.17, 15) is 9.18 Å². The van der Waals surface area contributed by atoms with Gasteiger partial charge in [0.2, 0.25) is 11.9 Å². The van der Waals surface area contributed by atoms with Crippen LogP contribution in [0.2, 0.25) is 0 Å². The Morgan fingerprint density at radius 2 is 2.33 bits per heavy atom. The molecule has 1 fully saturated rings. The van der Waals surface area contributed by atoms with Crippen molar-refractivity contribution in [3.63, 3.8) is 0 Å². The van der Waals surface area contributed by atoms with E-state index >= 15 is 0 Å². The van der Waals surface area contributed by atoms with Crippen molar-refractivity contribution in [2.24, 2.45) is 0 Å². The highest BCUT2D eigenvalue weighted by Gasteiger charge is 2.32. The van der Waals surface area contributed by atoms with E-state index < -0.39 is 0 Å². The normalized spacial score (nSPS) is 17.2. The quantitative estimate of drug-likeness (QED) is 0.929. The molecule has 0 radical (unpaired) electrons. The number of methoxy groups -OCH3 is 1. The summed E-state index contributed by atoms with van der Waals surface area (Å²) in [6.07, 6.45) is 3.23. The lowest BCUT2D eigenvalue weighted by Gasteiger charge is -2.25. The van der Waals surface area contributed by atoms with Crippen LogP contribution in [-0.4, -0.2) is 41.0 Å². The summed E-state index contributed by atoms with van der Waals surface area (Å²) in [5, 5.41) is 0. The smallest absolute Gasteiger partial charge is 0.249 e. The van der Waals surface area contributed by atoms with E-state index in [4.69, 9.17) is 10.5 Å². The van der Waals surface area contributed by atoms with Gasteiger partial charge in [0.05, 0.1) is 11.7 Å². The SMILES string of the molecule is COCC(=O)N1CCC[C@H]1c1nc(N)ncc1-c1cccc(F)c1. The number of benzene rings is 1. The molecule has 24 heavy (non-hydrogen) atoms. The van der Waals surface area contributed by atoms with Crippen molar-refractivity contribution >= 4 is 11.9 Å². The van der Waals surface area contributed by atoms with Gasteiger partial charge in [0.15, 0.2) is 0 Å². The van der Waals surface area contributed by atoms with Crippen LogP contribution >= 0.6 is 0 Å². The molecule has 6 nitrogen and oxygen atoms in total. The number of rotatable bonds is 4. The average Bonchev–Trinajstić information content (AvgIpc) is 3.04. The van der Waals surface area contributed by atoms with Crippen molar-refractivity contribution in [3.05, 3.63) is 42.0 Å². The Morgan fingerprint density at radius 1 is 1.50 bits per heavy atom. The molecule has 2 aromatic rings. The molecule has 1 amide bonds. The molecule has 1 saturated heterocycles. The number of amides is 1. The summed E-state index contributed by atoms with van der Waals surface area (Å²) >= 11 is 0. The lowest BCUT2D eigenvalue weighted by molar-refractivity contribution is -0.136. The molecule has 3 rings (SSSR count). The Bertz CT molecular complexity index is 753. The number of carbonyl (C=O) groups excluding carboxylic acids is 1. The summed E-state index contributed by atoms with van der Waals surface area (Å²) in [6.45, 7) is 0.658. The fourth-order valence-corrected chi connectivity index (χ4v) is 3.10. The highest BCUT2D eigenvalue weighted by Crippen LogP contribution is 2.36. The van der Waals surface area contributed by atoms with E-state index in [2.05, 4.69) is 9.97 Å². The molecule has 2 heterocycles. The van der Waals surface area contributed by atoms with Crippen molar-refractivity contribution in [2.45, 2.75) is 18.9 Å². The lowest BCUT2D eigenvalue weighted by atomic mass is 9.99. The Hall–Kier alpha value is -2.54. The number of aromatic nitrogens is 2. The summed E-state index contributed by atoms with van der Waals surface area (Å²) in [5.74, 6) is -0.299. The highest BCUT2D eigenvalue weighted by molar-refractivity contribution is 5.79. The van der Waals surface area contributed by atoms with E-state index in [1.165, 1.54) is 19.2 Å². The van der Waals surface area contributed by atoms with E-state index in [1.54, 1.807) is 23.2 Å². The summed E-state index contributed by atoms with van der Waals surface area (Å²) < 4.78 is 18.6. The van der Waals surface area contributed by atoms with Crippen LogP contribution in [0.5, 0.6) is 0 Å². The Kier molecular flexibility index (Phi) is 4.71. The first-order valence-electron chi connectivity index (χ1n) is 7.77. The summed E-state index contributed by atoms with van der Waals surface area (Å²) in [7, 11) is 1.49. The molecule has 0 bridgehead atoms. The molecule has 2 N–H and O–H groups in total.